The van der Waals surface area contributed by atoms with Crippen molar-refractivity contribution < 1.29 is 0 Å². The van der Waals surface area contributed by atoms with Gasteiger partial charge in [-0.2, -0.15) is 0 Å². The van der Waals surface area contributed by atoms with Crippen molar-refractivity contribution in [3.63, 3.8) is 0 Å². The fourth-order valence-electron chi connectivity index (χ4n) is 3.61. The summed E-state index contributed by atoms with van der Waals surface area (Å²) in [6, 6.07) is 2.94. The van der Waals surface area contributed by atoms with Gasteiger partial charge in [0.1, 0.15) is 0 Å². The number of hydrogen-bond donors (Lipinski definition) is 1. The van der Waals surface area contributed by atoms with Crippen molar-refractivity contribution in [3.05, 3.63) is 21.9 Å². The van der Waals surface area contributed by atoms with Crippen LogP contribution in [0, 0.1) is 5.92 Å². The zero-order chi connectivity index (χ0) is 13.1. The predicted octanol–water partition coefficient (Wildman–Crippen LogP) is 3.45. The first kappa shape index (κ1) is 13.6. The second-order valence-corrected chi connectivity index (χ2v) is 7.12. The second-order valence-electron chi connectivity index (χ2n) is 6.12. The topological polar surface area (TPSA) is 15.3 Å². The molecule has 1 aromatic rings. The highest BCUT2D eigenvalue weighted by Gasteiger charge is 2.24. The molecule has 2 nitrogen and oxygen atoms in total. The first-order chi connectivity index (χ1) is 9.34. The highest BCUT2D eigenvalue weighted by Crippen LogP contribution is 2.32. The van der Waals surface area contributed by atoms with Crippen molar-refractivity contribution in [1.82, 2.24) is 10.2 Å². The zero-order valence-corrected chi connectivity index (χ0v) is 12.8. The molecule has 1 fully saturated rings. The monoisotopic (exact) mass is 278 g/mol. The number of nitrogens with one attached hydrogen (secondary N) is 1. The third-order valence-electron chi connectivity index (χ3n) is 4.89. The molecule has 1 aliphatic carbocycles. The molecule has 19 heavy (non-hydrogen) atoms. The Labute approximate surface area is 121 Å². The molecule has 3 heteroatoms. The third kappa shape index (κ3) is 3.21. The fourth-order valence-corrected chi connectivity index (χ4v) is 4.57. The molecule has 1 saturated carbocycles. The molecule has 1 N–H and O–H groups in total. The number of nitrogens with zero attached hydrogens (tertiary/aromatic N) is 1. The van der Waals surface area contributed by atoms with Crippen LogP contribution >= 0.6 is 11.3 Å². The first-order valence-electron chi connectivity index (χ1n) is 7.85. The average Bonchev–Trinajstić information content (AvgIpc) is 3.08. The Bertz CT molecular complexity index is 395. The van der Waals surface area contributed by atoms with E-state index in [1.54, 1.807) is 10.4 Å². The number of thiophene rings is 1. The summed E-state index contributed by atoms with van der Waals surface area (Å²) < 4.78 is 0. The van der Waals surface area contributed by atoms with Crippen LogP contribution in [-0.4, -0.2) is 31.1 Å². The predicted molar refractivity (Wildman–Crippen MR) is 82.8 cm³/mol. The van der Waals surface area contributed by atoms with Gasteiger partial charge in [-0.05, 0) is 55.7 Å². The molecule has 1 aliphatic heterocycles. The standard InChI is InChI=1S/C16H26N2S/c1-13-15-7-11-19-16(15)6-9-18(13)10-8-17-12-14-4-2-3-5-14/h7,11,13-14,17H,2-6,8-10,12H2,1H3. The van der Waals surface area contributed by atoms with E-state index < -0.39 is 0 Å². The molecule has 1 unspecified atom stereocenters. The fraction of sp³-hybridized carbons (Fsp3) is 0.750. The van der Waals surface area contributed by atoms with Crippen molar-refractivity contribution in [2.75, 3.05) is 26.2 Å². The van der Waals surface area contributed by atoms with Crippen LogP contribution in [0.5, 0.6) is 0 Å². The van der Waals surface area contributed by atoms with E-state index in [9.17, 15) is 0 Å². The Morgan fingerprint density at radius 2 is 2.21 bits per heavy atom. The van der Waals surface area contributed by atoms with Crippen LogP contribution in [0.2, 0.25) is 0 Å². The minimum absolute atomic E-state index is 0.614. The maximum atomic E-state index is 3.67. The SMILES string of the molecule is CC1c2ccsc2CCN1CCNCC1CCCC1. The van der Waals surface area contributed by atoms with Gasteiger partial charge in [0.2, 0.25) is 0 Å². The van der Waals surface area contributed by atoms with E-state index in [1.165, 1.54) is 51.7 Å². The van der Waals surface area contributed by atoms with E-state index in [0.29, 0.717) is 6.04 Å². The summed E-state index contributed by atoms with van der Waals surface area (Å²) in [6.45, 7) is 7.19. The Hall–Kier alpha value is -0.380. The van der Waals surface area contributed by atoms with Gasteiger partial charge in [-0.25, -0.2) is 0 Å². The summed E-state index contributed by atoms with van der Waals surface area (Å²) in [4.78, 5) is 4.25. The lowest BCUT2D eigenvalue weighted by Crippen LogP contribution is -2.38. The largest absolute Gasteiger partial charge is 0.315 e. The minimum atomic E-state index is 0.614. The summed E-state index contributed by atoms with van der Waals surface area (Å²) in [6.07, 6.45) is 7.06. The molecule has 1 atom stereocenters. The molecule has 0 amide bonds. The van der Waals surface area contributed by atoms with Gasteiger partial charge in [-0.15, -0.1) is 11.3 Å². The molecular weight excluding hydrogens is 252 g/mol. The van der Waals surface area contributed by atoms with Crippen LogP contribution in [-0.2, 0) is 6.42 Å². The van der Waals surface area contributed by atoms with E-state index in [-0.39, 0.29) is 0 Å². The molecule has 2 aliphatic rings. The van der Waals surface area contributed by atoms with Crippen LogP contribution in [0.15, 0.2) is 11.4 Å². The molecule has 2 heterocycles. The third-order valence-corrected chi connectivity index (χ3v) is 5.88. The second kappa shape index (κ2) is 6.38. The molecule has 0 aromatic carbocycles. The van der Waals surface area contributed by atoms with Gasteiger partial charge in [0, 0.05) is 30.6 Å². The van der Waals surface area contributed by atoms with E-state index in [4.69, 9.17) is 0 Å². The van der Waals surface area contributed by atoms with Crippen LogP contribution in [0.1, 0.15) is 49.1 Å². The molecule has 106 valence electrons. The van der Waals surface area contributed by atoms with Gasteiger partial charge in [-0.1, -0.05) is 12.8 Å². The lowest BCUT2D eigenvalue weighted by molar-refractivity contribution is 0.200. The van der Waals surface area contributed by atoms with Crippen LogP contribution in [0.25, 0.3) is 0 Å². The van der Waals surface area contributed by atoms with Gasteiger partial charge in [-0.3, -0.25) is 4.90 Å². The van der Waals surface area contributed by atoms with E-state index >= 15 is 0 Å². The van der Waals surface area contributed by atoms with Crippen molar-refractivity contribution in [2.24, 2.45) is 5.92 Å². The lowest BCUT2D eigenvalue weighted by atomic mass is 10.0. The van der Waals surface area contributed by atoms with E-state index in [2.05, 4.69) is 28.6 Å². The van der Waals surface area contributed by atoms with Crippen LogP contribution < -0.4 is 5.32 Å². The molecule has 0 bridgehead atoms. The molecule has 3 rings (SSSR count). The van der Waals surface area contributed by atoms with Gasteiger partial charge >= 0.3 is 0 Å². The Balaban J connectivity index is 1.41. The van der Waals surface area contributed by atoms with Crippen LogP contribution in [0.3, 0.4) is 0 Å². The van der Waals surface area contributed by atoms with E-state index in [0.717, 1.165) is 12.5 Å². The van der Waals surface area contributed by atoms with Crippen molar-refractivity contribution in [1.29, 1.82) is 0 Å². The normalized spacial score (nSPS) is 24.8. The molecular formula is C16H26N2S. The average molecular weight is 278 g/mol. The Kier molecular flexibility index (Phi) is 4.57. The highest BCUT2D eigenvalue weighted by atomic mass is 32.1. The van der Waals surface area contributed by atoms with Crippen molar-refractivity contribution >= 4 is 11.3 Å². The quantitative estimate of drug-likeness (QED) is 0.830. The summed E-state index contributed by atoms with van der Waals surface area (Å²) in [5.41, 5.74) is 1.58. The smallest absolute Gasteiger partial charge is 0.0331 e. The number of rotatable bonds is 5. The molecule has 0 radical (unpaired) electrons. The maximum Gasteiger partial charge on any atom is 0.0331 e. The Morgan fingerprint density at radius 1 is 1.37 bits per heavy atom. The summed E-state index contributed by atoms with van der Waals surface area (Å²) >= 11 is 1.93. The van der Waals surface area contributed by atoms with Crippen LogP contribution in [0.4, 0.5) is 0 Å². The van der Waals surface area contributed by atoms with E-state index in [1.807, 2.05) is 11.3 Å². The van der Waals surface area contributed by atoms with Gasteiger partial charge in [0.15, 0.2) is 0 Å². The summed E-state index contributed by atoms with van der Waals surface area (Å²) in [5, 5.41) is 5.93. The van der Waals surface area contributed by atoms with Gasteiger partial charge < -0.3 is 5.32 Å². The summed E-state index contributed by atoms with van der Waals surface area (Å²) in [5.74, 6) is 0.960. The number of fused-ring (bicyclic) bond motifs is 1. The summed E-state index contributed by atoms with van der Waals surface area (Å²) in [7, 11) is 0. The maximum absolute atomic E-state index is 3.67. The lowest BCUT2D eigenvalue weighted by Gasteiger charge is -2.33. The minimum Gasteiger partial charge on any atom is -0.315 e. The van der Waals surface area contributed by atoms with Crippen molar-refractivity contribution in [2.45, 2.75) is 45.1 Å². The first-order valence-corrected chi connectivity index (χ1v) is 8.73. The zero-order valence-electron chi connectivity index (χ0n) is 12.0. The van der Waals surface area contributed by atoms with Gasteiger partial charge in [0.25, 0.3) is 0 Å². The molecule has 1 aromatic heterocycles. The highest BCUT2D eigenvalue weighted by molar-refractivity contribution is 7.10. The number of hydrogen-bond acceptors (Lipinski definition) is 3. The van der Waals surface area contributed by atoms with Crippen molar-refractivity contribution in [3.8, 4) is 0 Å². The molecule has 0 spiro atoms. The van der Waals surface area contributed by atoms with Gasteiger partial charge in [0.05, 0.1) is 0 Å². The Morgan fingerprint density at radius 3 is 3.05 bits per heavy atom. The molecule has 0 saturated heterocycles.